The van der Waals surface area contributed by atoms with Crippen LogP contribution in [-0.2, 0) is 23.1 Å². The number of rotatable bonds is 6. The third-order valence-electron chi connectivity index (χ3n) is 3.01. The summed E-state index contributed by atoms with van der Waals surface area (Å²) in [5, 5.41) is 14.5. The van der Waals surface area contributed by atoms with Gasteiger partial charge in [0.2, 0.25) is 0 Å². The zero-order valence-corrected chi connectivity index (χ0v) is 13.5. The van der Waals surface area contributed by atoms with E-state index in [4.69, 9.17) is 11.6 Å². The maximum atomic E-state index is 11.3. The molecule has 5 nitrogen and oxygen atoms in total. The average molecular weight is 339 g/mol. The van der Waals surface area contributed by atoms with Gasteiger partial charge in [-0.3, -0.25) is 14.3 Å². The van der Waals surface area contributed by atoms with Gasteiger partial charge in [0.15, 0.2) is 0 Å². The fraction of sp³-hybridized carbons (Fsp3) is 0.200. The summed E-state index contributed by atoms with van der Waals surface area (Å²) in [4.78, 5) is 10.3. The fourth-order valence-electron chi connectivity index (χ4n) is 2.01. The number of halogens is 1. The lowest BCUT2D eigenvalue weighted by Crippen LogP contribution is -2.02. The number of nitro benzene ring substituents is 1. The Labute approximate surface area is 135 Å². The van der Waals surface area contributed by atoms with Crippen LogP contribution >= 0.6 is 11.6 Å². The predicted molar refractivity (Wildman–Crippen MR) is 89.6 cm³/mol. The first-order chi connectivity index (χ1) is 10.5. The quantitative estimate of drug-likeness (QED) is 0.643. The molecule has 0 radical (unpaired) electrons. The molecule has 2 rings (SSSR count). The van der Waals surface area contributed by atoms with E-state index < -0.39 is 15.7 Å². The van der Waals surface area contributed by atoms with E-state index in [2.05, 4.69) is 5.32 Å². The first-order valence-corrected chi connectivity index (χ1v) is 8.62. The van der Waals surface area contributed by atoms with Crippen molar-refractivity contribution in [3.8, 4) is 0 Å². The minimum Gasteiger partial charge on any atom is -0.380 e. The Morgan fingerprint density at radius 3 is 2.68 bits per heavy atom. The Bertz CT molecular complexity index is 722. The van der Waals surface area contributed by atoms with Crippen LogP contribution in [0.3, 0.4) is 0 Å². The molecule has 0 unspecified atom stereocenters. The Morgan fingerprint density at radius 2 is 2.00 bits per heavy atom. The predicted octanol–water partition coefficient (Wildman–Crippen LogP) is 3.74. The lowest BCUT2D eigenvalue weighted by molar-refractivity contribution is -0.384. The van der Waals surface area contributed by atoms with Gasteiger partial charge < -0.3 is 5.32 Å². The molecule has 0 saturated carbocycles. The Morgan fingerprint density at radius 1 is 1.23 bits per heavy atom. The largest absolute Gasteiger partial charge is 0.380 e. The number of benzene rings is 2. The standard InChI is InChI=1S/C15H15ClN2O3S/c1-22(21)10-12-5-6-14(16)15(8-12)17-9-11-3-2-4-13(7-11)18(19)20/h2-8,17H,9-10H2,1H3/t22-/m0/s1. The summed E-state index contributed by atoms with van der Waals surface area (Å²) in [5.74, 6) is 0.461. The van der Waals surface area contributed by atoms with Gasteiger partial charge in [-0.2, -0.15) is 0 Å². The highest BCUT2D eigenvalue weighted by atomic mass is 35.5. The molecule has 0 aromatic heterocycles. The van der Waals surface area contributed by atoms with E-state index in [9.17, 15) is 14.3 Å². The zero-order valence-electron chi connectivity index (χ0n) is 11.9. The summed E-state index contributed by atoms with van der Waals surface area (Å²) >= 11 is 6.13. The van der Waals surface area contributed by atoms with Crippen molar-refractivity contribution in [2.24, 2.45) is 0 Å². The number of anilines is 1. The third-order valence-corrected chi connectivity index (χ3v) is 4.07. The minimum atomic E-state index is -0.926. The molecule has 0 spiro atoms. The van der Waals surface area contributed by atoms with Crippen LogP contribution in [-0.4, -0.2) is 15.4 Å². The van der Waals surface area contributed by atoms with Gasteiger partial charge in [-0.15, -0.1) is 0 Å². The lowest BCUT2D eigenvalue weighted by Gasteiger charge is -2.10. The van der Waals surface area contributed by atoms with E-state index in [1.165, 1.54) is 12.1 Å². The molecule has 116 valence electrons. The van der Waals surface area contributed by atoms with Crippen LogP contribution in [0.25, 0.3) is 0 Å². The lowest BCUT2D eigenvalue weighted by atomic mass is 10.2. The zero-order chi connectivity index (χ0) is 16.1. The molecule has 0 aliphatic heterocycles. The molecular weight excluding hydrogens is 324 g/mol. The van der Waals surface area contributed by atoms with E-state index >= 15 is 0 Å². The molecule has 0 aliphatic rings. The summed E-state index contributed by atoms with van der Waals surface area (Å²) in [6.45, 7) is 0.417. The number of nitro groups is 1. The Balaban J connectivity index is 2.12. The molecule has 22 heavy (non-hydrogen) atoms. The van der Waals surface area contributed by atoms with Crippen LogP contribution in [0, 0.1) is 10.1 Å². The fourth-order valence-corrected chi connectivity index (χ4v) is 2.84. The van der Waals surface area contributed by atoms with Gasteiger partial charge in [0.1, 0.15) is 0 Å². The van der Waals surface area contributed by atoms with E-state index in [1.807, 2.05) is 12.1 Å². The number of non-ortho nitro benzene ring substituents is 1. The van der Waals surface area contributed by atoms with Crippen molar-refractivity contribution in [2.45, 2.75) is 12.3 Å². The van der Waals surface area contributed by atoms with Crippen LogP contribution in [0.5, 0.6) is 0 Å². The molecule has 0 bridgehead atoms. The number of hydrogen-bond donors (Lipinski definition) is 1. The molecule has 0 heterocycles. The second-order valence-electron chi connectivity index (χ2n) is 4.81. The molecule has 2 aromatic rings. The van der Waals surface area contributed by atoms with E-state index in [1.54, 1.807) is 24.5 Å². The first kappa shape index (κ1) is 16.5. The van der Waals surface area contributed by atoms with Gasteiger partial charge in [0.25, 0.3) is 5.69 Å². The van der Waals surface area contributed by atoms with Gasteiger partial charge in [-0.1, -0.05) is 29.8 Å². The van der Waals surface area contributed by atoms with Gasteiger partial charge in [0, 0.05) is 41.5 Å². The molecule has 0 saturated heterocycles. The van der Waals surface area contributed by atoms with Crippen molar-refractivity contribution in [3.63, 3.8) is 0 Å². The van der Waals surface area contributed by atoms with Crippen molar-refractivity contribution in [3.05, 3.63) is 68.7 Å². The highest BCUT2D eigenvalue weighted by Gasteiger charge is 2.07. The summed E-state index contributed by atoms with van der Waals surface area (Å²) in [6, 6.07) is 11.9. The average Bonchev–Trinajstić information content (AvgIpc) is 2.47. The molecule has 0 amide bonds. The Kier molecular flexibility index (Phi) is 5.51. The highest BCUT2D eigenvalue weighted by Crippen LogP contribution is 2.24. The van der Waals surface area contributed by atoms with Crippen LogP contribution in [0.4, 0.5) is 11.4 Å². The SMILES string of the molecule is C[S@](=O)Cc1ccc(Cl)c(NCc2cccc([N+](=O)[O-])c2)c1. The first-order valence-electron chi connectivity index (χ1n) is 6.51. The molecule has 0 aliphatic carbocycles. The van der Waals surface area contributed by atoms with E-state index in [0.29, 0.717) is 17.3 Å². The smallest absolute Gasteiger partial charge is 0.269 e. The summed E-state index contributed by atoms with van der Waals surface area (Å²) < 4.78 is 11.3. The van der Waals surface area contributed by atoms with Crippen molar-refractivity contribution in [2.75, 3.05) is 11.6 Å². The van der Waals surface area contributed by atoms with Crippen LogP contribution in [0.2, 0.25) is 5.02 Å². The van der Waals surface area contributed by atoms with Gasteiger partial charge in [-0.05, 0) is 23.3 Å². The van der Waals surface area contributed by atoms with Crippen LogP contribution < -0.4 is 5.32 Å². The number of nitrogens with one attached hydrogen (secondary N) is 1. The van der Waals surface area contributed by atoms with Gasteiger partial charge in [-0.25, -0.2) is 0 Å². The van der Waals surface area contributed by atoms with Crippen LogP contribution in [0.1, 0.15) is 11.1 Å². The molecule has 2 aromatic carbocycles. The maximum absolute atomic E-state index is 11.3. The number of nitrogens with zero attached hydrogens (tertiary/aromatic N) is 1. The van der Waals surface area contributed by atoms with Crippen molar-refractivity contribution < 1.29 is 9.13 Å². The normalized spacial score (nSPS) is 11.9. The summed E-state index contributed by atoms with van der Waals surface area (Å²) in [7, 11) is -0.926. The monoisotopic (exact) mass is 338 g/mol. The number of hydrogen-bond acceptors (Lipinski definition) is 4. The highest BCUT2D eigenvalue weighted by molar-refractivity contribution is 7.83. The van der Waals surface area contributed by atoms with E-state index in [0.717, 1.165) is 16.8 Å². The van der Waals surface area contributed by atoms with Gasteiger partial charge >= 0.3 is 0 Å². The van der Waals surface area contributed by atoms with Crippen molar-refractivity contribution in [1.29, 1.82) is 0 Å². The second kappa shape index (κ2) is 7.38. The van der Waals surface area contributed by atoms with Crippen molar-refractivity contribution in [1.82, 2.24) is 0 Å². The van der Waals surface area contributed by atoms with Crippen LogP contribution in [0.15, 0.2) is 42.5 Å². The minimum absolute atomic E-state index is 0.0560. The summed E-state index contributed by atoms with van der Waals surface area (Å²) in [6.07, 6.45) is 1.64. The third kappa shape index (κ3) is 4.54. The molecule has 0 fully saturated rings. The molecule has 7 heteroatoms. The second-order valence-corrected chi connectivity index (χ2v) is 6.65. The Hall–Kier alpha value is -1.92. The molecular formula is C15H15ClN2O3S. The maximum Gasteiger partial charge on any atom is 0.269 e. The van der Waals surface area contributed by atoms with Gasteiger partial charge in [0.05, 0.1) is 15.6 Å². The van der Waals surface area contributed by atoms with Crippen molar-refractivity contribution >= 4 is 33.8 Å². The molecule has 1 atom stereocenters. The summed E-state index contributed by atoms with van der Waals surface area (Å²) in [5.41, 5.74) is 2.48. The van der Waals surface area contributed by atoms with E-state index in [-0.39, 0.29) is 5.69 Å². The molecule has 1 N–H and O–H groups in total. The topological polar surface area (TPSA) is 72.2 Å².